The SMILES string of the molecule is CN(CCC(Oc1cccc2ccccc12)c1cccs1)C(=O)CCN1CCNC(C(F)(F)F)C1. The van der Waals surface area contributed by atoms with Gasteiger partial charge in [-0.25, -0.2) is 0 Å². The summed E-state index contributed by atoms with van der Waals surface area (Å²) in [5, 5.41) is 6.64. The average Bonchev–Trinajstić information content (AvgIpc) is 3.39. The maximum atomic E-state index is 13.0. The quantitative estimate of drug-likeness (QED) is 0.440. The van der Waals surface area contributed by atoms with Gasteiger partial charge in [0.2, 0.25) is 5.91 Å². The van der Waals surface area contributed by atoms with Crippen molar-refractivity contribution in [1.29, 1.82) is 0 Å². The minimum atomic E-state index is -4.28. The van der Waals surface area contributed by atoms with Gasteiger partial charge in [-0.1, -0.05) is 42.5 Å². The van der Waals surface area contributed by atoms with E-state index in [1.165, 1.54) is 0 Å². The van der Waals surface area contributed by atoms with Crippen LogP contribution < -0.4 is 10.1 Å². The standard InChI is InChI=1S/C26H30F3N3O2S/c1-31(25(33)12-15-32-16-13-30-24(18-32)26(27,28)29)14-11-22(23-10-5-17-35-23)34-21-9-4-7-19-6-2-3-8-20(19)21/h2-10,17,22,24,30H,11-16,18H2,1H3. The summed E-state index contributed by atoms with van der Waals surface area (Å²) in [7, 11) is 1.74. The molecule has 1 aliphatic rings. The van der Waals surface area contributed by atoms with Gasteiger partial charge in [-0.15, -0.1) is 11.3 Å². The van der Waals surface area contributed by atoms with Gasteiger partial charge in [-0.2, -0.15) is 13.2 Å². The molecule has 4 rings (SSSR count). The zero-order valence-corrected chi connectivity index (χ0v) is 20.4. The lowest BCUT2D eigenvalue weighted by atomic mass is 10.1. The third kappa shape index (κ3) is 6.74. The van der Waals surface area contributed by atoms with Gasteiger partial charge in [0.15, 0.2) is 0 Å². The predicted octanol–water partition coefficient (Wildman–Crippen LogP) is 5.10. The second-order valence-electron chi connectivity index (χ2n) is 8.80. The van der Waals surface area contributed by atoms with Crippen molar-refractivity contribution in [3.8, 4) is 5.75 Å². The molecule has 1 N–H and O–H groups in total. The highest BCUT2D eigenvalue weighted by atomic mass is 32.1. The van der Waals surface area contributed by atoms with E-state index in [0.717, 1.165) is 21.4 Å². The Kier molecular flexibility index (Phi) is 8.30. The summed E-state index contributed by atoms with van der Waals surface area (Å²) in [6, 6.07) is 16.5. The van der Waals surface area contributed by atoms with Gasteiger partial charge in [0.25, 0.3) is 0 Å². The number of ether oxygens (including phenoxy) is 1. The highest BCUT2D eigenvalue weighted by molar-refractivity contribution is 7.10. The van der Waals surface area contributed by atoms with Gasteiger partial charge >= 0.3 is 6.18 Å². The molecule has 2 unspecified atom stereocenters. The van der Waals surface area contributed by atoms with Crippen LogP contribution in [-0.2, 0) is 4.79 Å². The van der Waals surface area contributed by atoms with Crippen molar-refractivity contribution in [1.82, 2.24) is 15.1 Å². The van der Waals surface area contributed by atoms with E-state index in [1.807, 2.05) is 60.0 Å². The number of nitrogens with zero attached hydrogens (tertiary/aromatic N) is 2. The van der Waals surface area contributed by atoms with Crippen LogP contribution in [-0.4, -0.2) is 67.7 Å². The molecule has 188 valence electrons. The smallest absolute Gasteiger partial charge is 0.405 e. The summed E-state index contributed by atoms with van der Waals surface area (Å²) < 4.78 is 45.5. The minimum absolute atomic E-state index is 0.0813. The first kappa shape index (κ1) is 25.5. The topological polar surface area (TPSA) is 44.8 Å². The van der Waals surface area contributed by atoms with E-state index in [-0.39, 0.29) is 31.5 Å². The molecule has 0 aliphatic carbocycles. The molecule has 1 saturated heterocycles. The number of alkyl halides is 3. The third-order valence-electron chi connectivity index (χ3n) is 6.33. The van der Waals surface area contributed by atoms with Crippen molar-refractivity contribution >= 4 is 28.0 Å². The molecular formula is C26H30F3N3O2S. The zero-order chi connectivity index (χ0) is 24.8. The van der Waals surface area contributed by atoms with Crippen LogP contribution in [0.25, 0.3) is 10.8 Å². The largest absolute Gasteiger partial charge is 0.484 e. The van der Waals surface area contributed by atoms with Crippen molar-refractivity contribution in [3.05, 3.63) is 64.9 Å². The summed E-state index contributed by atoms with van der Waals surface area (Å²) in [5.74, 6) is 0.718. The van der Waals surface area contributed by atoms with E-state index in [1.54, 1.807) is 28.2 Å². The molecule has 3 aromatic rings. The Morgan fingerprint density at radius 1 is 1.20 bits per heavy atom. The van der Waals surface area contributed by atoms with Crippen LogP contribution in [0, 0.1) is 0 Å². The summed E-state index contributed by atoms with van der Waals surface area (Å²) >= 11 is 1.61. The van der Waals surface area contributed by atoms with Crippen LogP contribution in [0.3, 0.4) is 0 Å². The fourth-order valence-electron chi connectivity index (χ4n) is 4.30. The van der Waals surface area contributed by atoms with Gasteiger partial charge < -0.3 is 15.0 Å². The molecule has 9 heteroatoms. The molecule has 35 heavy (non-hydrogen) atoms. The lowest BCUT2D eigenvalue weighted by molar-refractivity contribution is -0.164. The predicted molar refractivity (Wildman–Crippen MR) is 133 cm³/mol. The van der Waals surface area contributed by atoms with Crippen molar-refractivity contribution in [2.24, 2.45) is 0 Å². The first-order valence-corrected chi connectivity index (χ1v) is 12.6. The molecule has 0 saturated carbocycles. The van der Waals surface area contributed by atoms with E-state index in [2.05, 4.69) is 5.32 Å². The van der Waals surface area contributed by atoms with Crippen LogP contribution in [0.4, 0.5) is 13.2 Å². The zero-order valence-electron chi connectivity index (χ0n) is 19.6. The van der Waals surface area contributed by atoms with Crippen LogP contribution in [0.5, 0.6) is 5.75 Å². The van der Waals surface area contributed by atoms with Gasteiger partial charge in [-0.3, -0.25) is 9.69 Å². The Hall–Kier alpha value is -2.62. The molecule has 5 nitrogen and oxygen atoms in total. The van der Waals surface area contributed by atoms with Crippen molar-refractivity contribution in [2.45, 2.75) is 31.2 Å². The van der Waals surface area contributed by atoms with Gasteiger partial charge in [0, 0.05) is 62.9 Å². The Morgan fingerprint density at radius 3 is 2.77 bits per heavy atom. The van der Waals surface area contributed by atoms with Crippen LogP contribution >= 0.6 is 11.3 Å². The number of rotatable bonds is 9. The third-order valence-corrected chi connectivity index (χ3v) is 7.29. The molecule has 1 fully saturated rings. The molecule has 1 amide bonds. The number of amides is 1. The van der Waals surface area contributed by atoms with Gasteiger partial charge in [0.1, 0.15) is 17.9 Å². The maximum Gasteiger partial charge on any atom is 0.405 e. The van der Waals surface area contributed by atoms with Gasteiger partial charge in [-0.05, 0) is 22.9 Å². The van der Waals surface area contributed by atoms with E-state index in [0.29, 0.717) is 26.1 Å². The lowest BCUT2D eigenvalue weighted by Gasteiger charge is -2.34. The van der Waals surface area contributed by atoms with Crippen molar-refractivity contribution in [2.75, 3.05) is 39.8 Å². The molecule has 2 atom stereocenters. The van der Waals surface area contributed by atoms with Crippen molar-refractivity contribution < 1.29 is 22.7 Å². The number of nitrogens with one attached hydrogen (secondary N) is 1. The number of fused-ring (bicyclic) bond motifs is 1. The molecule has 2 heterocycles. The highest BCUT2D eigenvalue weighted by Crippen LogP contribution is 2.33. The second kappa shape index (κ2) is 11.4. The Morgan fingerprint density at radius 2 is 2.00 bits per heavy atom. The number of halogens is 3. The van der Waals surface area contributed by atoms with E-state index in [4.69, 9.17) is 4.74 Å². The highest BCUT2D eigenvalue weighted by Gasteiger charge is 2.41. The molecule has 1 aromatic heterocycles. The Balaban J connectivity index is 1.33. The Labute approximate surface area is 207 Å². The van der Waals surface area contributed by atoms with Crippen LogP contribution in [0.2, 0.25) is 0 Å². The summed E-state index contributed by atoms with van der Waals surface area (Å²) in [6.45, 7) is 1.45. The first-order valence-electron chi connectivity index (χ1n) is 11.8. The molecule has 0 radical (unpaired) electrons. The lowest BCUT2D eigenvalue weighted by Crippen LogP contribution is -2.57. The average molecular weight is 506 g/mol. The second-order valence-corrected chi connectivity index (χ2v) is 9.78. The molecule has 0 bridgehead atoms. The number of carbonyl (C=O) groups excluding carboxylic acids is 1. The summed E-state index contributed by atoms with van der Waals surface area (Å²) in [4.78, 5) is 17.2. The number of carbonyl (C=O) groups is 1. The number of hydrogen-bond donors (Lipinski definition) is 1. The molecule has 2 aromatic carbocycles. The first-order chi connectivity index (χ1) is 16.8. The fourth-order valence-corrected chi connectivity index (χ4v) is 5.09. The minimum Gasteiger partial charge on any atom is -0.484 e. The summed E-state index contributed by atoms with van der Waals surface area (Å²) in [5.41, 5.74) is 0. The number of hydrogen-bond acceptors (Lipinski definition) is 5. The molecular weight excluding hydrogens is 475 g/mol. The molecule has 1 aliphatic heterocycles. The fraction of sp³-hybridized carbons (Fsp3) is 0.423. The molecule has 0 spiro atoms. The maximum absolute atomic E-state index is 13.0. The number of piperazine rings is 1. The van der Waals surface area contributed by atoms with Crippen molar-refractivity contribution in [3.63, 3.8) is 0 Å². The Bertz CT molecular complexity index is 1100. The summed E-state index contributed by atoms with van der Waals surface area (Å²) in [6.07, 6.45) is -3.69. The van der Waals surface area contributed by atoms with Gasteiger partial charge in [0.05, 0.1) is 0 Å². The van der Waals surface area contributed by atoms with Crippen LogP contribution in [0.1, 0.15) is 23.8 Å². The van der Waals surface area contributed by atoms with E-state index < -0.39 is 12.2 Å². The number of benzene rings is 2. The number of thiophene rings is 1. The van der Waals surface area contributed by atoms with Crippen LogP contribution in [0.15, 0.2) is 60.0 Å². The van der Waals surface area contributed by atoms with E-state index >= 15 is 0 Å². The van der Waals surface area contributed by atoms with E-state index in [9.17, 15) is 18.0 Å². The monoisotopic (exact) mass is 505 g/mol. The normalized spacial score (nSPS) is 17.9.